The number of hydrogen-bond acceptors (Lipinski definition) is 3. The number of carbonyl (C=O) groups excluding carboxylic acids is 1. The largest absolute Gasteiger partial charge is 0.367 e. The Hall–Kier alpha value is -3.05. The molecular weight excluding hydrogens is 378 g/mol. The van der Waals surface area contributed by atoms with E-state index < -0.39 is 0 Å². The number of anilines is 2. The van der Waals surface area contributed by atoms with Gasteiger partial charge in [-0.2, -0.15) is 0 Å². The van der Waals surface area contributed by atoms with Gasteiger partial charge in [-0.1, -0.05) is 18.2 Å². The number of rotatable bonds is 4. The van der Waals surface area contributed by atoms with Crippen LogP contribution in [0.15, 0.2) is 66.2 Å². The molecule has 0 atom stereocenters. The molecule has 0 spiro atoms. The third-order valence-corrected chi connectivity index (χ3v) is 6.68. The quantitative estimate of drug-likeness (QED) is 0.523. The first kappa shape index (κ1) is 18.0. The van der Waals surface area contributed by atoms with E-state index in [1.165, 1.54) is 16.1 Å². The number of aromatic nitrogens is 1. The molecule has 0 saturated carbocycles. The van der Waals surface area contributed by atoms with Crippen molar-refractivity contribution in [2.75, 3.05) is 16.8 Å². The van der Waals surface area contributed by atoms with Gasteiger partial charge in [0.1, 0.15) is 0 Å². The Balaban J connectivity index is 1.26. The average Bonchev–Trinajstić information content (AvgIpc) is 3.33. The third kappa shape index (κ3) is 3.54. The van der Waals surface area contributed by atoms with Crippen LogP contribution in [0.4, 0.5) is 11.4 Å². The minimum atomic E-state index is 0.00925. The van der Waals surface area contributed by atoms with Gasteiger partial charge < -0.3 is 14.8 Å². The van der Waals surface area contributed by atoms with Gasteiger partial charge >= 0.3 is 0 Å². The predicted molar refractivity (Wildman–Crippen MR) is 121 cm³/mol. The number of benzene rings is 2. The Morgan fingerprint density at radius 1 is 1.10 bits per heavy atom. The molecule has 5 rings (SSSR count). The van der Waals surface area contributed by atoms with Gasteiger partial charge in [-0.3, -0.25) is 4.79 Å². The highest BCUT2D eigenvalue weighted by molar-refractivity contribution is 7.10. The van der Waals surface area contributed by atoms with Crippen LogP contribution >= 0.6 is 11.3 Å². The second kappa shape index (κ2) is 7.41. The Labute approximate surface area is 174 Å². The number of para-hydroxylation sites is 1. The highest BCUT2D eigenvalue weighted by Gasteiger charge is 2.17. The summed E-state index contributed by atoms with van der Waals surface area (Å²) in [5.74, 6) is 0.00925. The molecule has 4 aromatic rings. The summed E-state index contributed by atoms with van der Waals surface area (Å²) in [6, 6.07) is 18.6. The lowest BCUT2D eigenvalue weighted by atomic mass is 10.1. The molecule has 1 N–H and O–H groups in total. The standard InChI is InChI=1S/C24H23N3OS/c1-26-15-18(21-4-2-3-5-22(21)26)14-24(28)25-19-6-8-20(9-7-19)27-12-10-23-17(16-27)11-13-29-23/h2-9,11,13,15H,10,12,14,16H2,1H3,(H,25,28). The minimum absolute atomic E-state index is 0.00925. The van der Waals surface area contributed by atoms with E-state index in [2.05, 4.69) is 50.5 Å². The van der Waals surface area contributed by atoms with Gasteiger partial charge in [0.2, 0.25) is 5.91 Å². The Morgan fingerprint density at radius 3 is 2.79 bits per heavy atom. The molecular formula is C24H23N3OS. The molecule has 1 amide bonds. The van der Waals surface area contributed by atoms with Crippen LogP contribution in [-0.2, 0) is 31.2 Å². The first-order valence-electron chi connectivity index (χ1n) is 9.90. The predicted octanol–water partition coefficient (Wildman–Crippen LogP) is 4.98. The van der Waals surface area contributed by atoms with Crippen molar-refractivity contribution in [3.8, 4) is 0 Å². The van der Waals surface area contributed by atoms with Crippen LogP contribution in [0.1, 0.15) is 16.0 Å². The van der Waals surface area contributed by atoms with Crippen molar-refractivity contribution in [2.45, 2.75) is 19.4 Å². The van der Waals surface area contributed by atoms with Gasteiger partial charge in [0.25, 0.3) is 0 Å². The number of nitrogens with one attached hydrogen (secondary N) is 1. The Morgan fingerprint density at radius 2 is 1.93 bits per heavy atom. The summed E-state index contributed by atoms with van der Waals surface area (Å²) in [6.45, 7) is 2.01. The van der Waals surface area contributed by atoms with E-state index in [0.717, 1.165) is 41.7 Å². The van der Waals surface area contributed by atoms with Crippen LogP contribution in [0.25, 0.3) is 10.9 Å². The highest BCUT2D eigenvalue weighted by atomic mass is 32.1. The van der Waals surface area contributed by atoms with E-state index >= 15 is 0 Å². The van der Waals surface area contributed by atoms with E-state index in [0.29, 0.717) is 6.42 Å². The lowest BCUT2D eigenvalue weighted by Gasteiger charge is -2.29. The van der Waals surface area contributed by atoms with Gasteiger partial charge in [-0.25, -0.2) is 0 Å². The minimum Gasteiger partial charge on any atom is -0.367 e. The molecule has 1 aliphatic heterocycles. The van der Waals surface area contributed by atoms with E-state index in [1.807, 2.05) is 48.8 Å². The summed E-state index contributed by atoms with van der Waals surface area (Å²) in [7, 11) is 2.02. The zero-order valence-corrected chi connectivity index (χ0v) is 17.2. The summed E-state index contributed by atoms with van der Waals surface area (Å²) >= 11 is 1.86. The maximum Gasteiger partial charge on any atom is 0.228 e. The van der Waals surface area contributed by atoms with Gasteiger partial charge in [-0.15, -0.1) is 11.3 Å². The second-order valence-corrected chi connectivity index (χ2v) is 8.60. The lowest BCUT2D eigenvalue weighted by molar-refractivity contribution is -0.115. The van der Waals surface area contributed by atoms with E-state index in [9.17, 15) is 4.79 Å². The maximum atomic E-state index is 12.6. The van der Waals surface area contributed by atoms with Gasteiger partial charge in [0.05, 0.1) is 6.42 Å². The monoisotopic (exact) mass is 401 g/mol. The molecule has 0 aliphatic carbocycles. The number of hydrogen-bond donors (Lipinski definition) is 1. The molecule has 2 aromatic carbocycles. The number of fused-ring (bicyclic) bond motifs is 2. The highest BCUT2D eigenvalue weighted by Crippen LogP contribution is 2.28. The van der Waals surface area contributed by atoms with Crippen LogP contribution in [-0.4, -0.2) is 17.0 Å². The van der Waals surface area contributed by atoms with Crippen molar-refractivity contribution in [1.82, 2.24) is 4.57 Å². The molecule has 2 aromatic heterocycles. The SMILES string of the molecule is Cn1cc(CC(=O)Nc2ccc(N3CCc4sccc4C3)cc2)c2ccccc21. The Bertz CT molecular complexity index is 1170. The summed E-state index contributed by atoms with van der Waals surface area (Å²) in [5, 5.41) is 6.36. The zero-order valence-electron chi connectivity index (χ0n) is 16.4. The molecule has 1 aliphatic rings. The topological polar surface area (TPSA) is 37.3 Å². The van der Waals surface area contributed by atoms with E-state index in [-0.39, 0.29) is 5.91 Å². The van der Waals surface area contributed by atoms with Crippen molar-refractivity contribution >= 4 is 39.5 Å². The van der Waals surface area contributed by atoms with Gasteiger partial charge in [-0.05, 0) is 59.3 Å². The van der Waals surface area contributed by atoms with Crippen LogP contribution in [0.5, 0.6) is 0 Å². The van der Waals surface area contributed by atoms with Crippen molar-refractivity contribution < 1.29 is 4.79 Å². The van der Waals surface area contributed by atoms with Crippen molar-refractivity contribution in [2.24, 2.45) is 7.05 Å². The van der Waals surface area contributed by atoms with Crippen molar-refractivity contribution in [1.29, 1.82) is 0 Å². The fourth-order valence-corrected chi connectivity index (χ4v) is 5.06. The Kier molecular flexibility index (Phi) is 4.60. The number of nitrogens with zero attached hydrogens (tertiary/aromatic N) is 2. The summed E-state index contributed by atoms with van der Waals surface area (Å²) in [5.41, 5.74) is 5.68. The van der Waals surface area contributed by atoms with Crippen LogP contribution < -0.4 is 10.2 Å². The molecule has 146 valence electrons. The summed E-state index contributed by atoms with van der Waals surface area (Å²) in [6.07, 6.45) is 3.52. The third-order valence-electron chi connectivity index (χ3n) is 5.65. The van der Waals surface area contributed by atoms with Crippen LogP contribution in [0.3, 0.4) is 0 Å². The molecule has 3 heterocycles. The number of amides is 1. The molecule has 4 nitrogen and oxygen atoms in total. The molecule has 0 fully saturated rings. The average molecular weight is 402 g/mol. The first-order valence-corrected chi connectivity index (χ1v) is 10.8. The van der Waals surface area contributed by atoms with Crippen molar-refractivity contribution in [3.05, 3.63) is 82.2 Å². The number of aryl methyl sites for hydroxylation is 1. The van der Waals surface area contributed by atoms with Gasteiger partial charge in [0, 0.05) is 53.5 Å². The van der Waals surface area contributed by atoms with Crippen molar-refractivity contribution in [3.63, 3.8) is 0 Å². The smallest absolute Gasteiger partial charge is 0.228 e. The normalized spacial score (nSPS) is 13.5. The fourth-order valence-electron chi connectivity index (χ4n) is 4.17. The summed E-state index contributed by atoms with van der Waals surface area (Å²) < 4.78 is 2.07. The molecule has 0 bridgehead atoms. The molecule has 29 heavy (non-hydrogen) atoms. The maximum absolute atomic E-state index is 12.6. The van der Waals surface area contributed by atoms with E-state index in [1.54, 1.807) is 0 Å². The van der Waals surface area contributed by atoms with Crippen LogP contribution in [0.2, 0.25) is 0 Å². The van der Waals surface area contributed by atoms with Gasteiger partial charge in [0.15, 0.2) is 0 Å². The zero-order chi connectivity index (χ0) is 19.8. The second-order valence-electron chi connectivity index (χ2n) is 7.59. The summed E-state index contributed by atoms with van der Waals surface area (Å²) in [4.78, 5) is 16.5. The van der Waals surface area contributed by atoms with Crippen LogP contribution in [0, 0.1) is 0 Å². The number of carbonyl (C=O) groups is 1. The molecule has 0 saturated heterocycles. The first-order chi connectivity index (χ1) is 14.2. The molecule has 0 unspecified atom stereocenters. The molecule has 0 radical (unpaired) electrons. The lowest BCUT2D eigenvalue weighted by Crippen LogP contribution is -2.29. The van der Waals surface area contributed by atoms with E-state index in [4.69, 9.17) is 0 Å². The fraction of sp³-hybridized carbons (Fsp3) is 0.208. The number of thiophene rings is 1. The molecule has 5 heteroatoms.